The zero-order valence-corrected chi connectivity index (χ0v) is 13.8. The lowest BCUT2D eigenvalue weighted by molar-refractivity contribution is -0.115. The van der Waals surface area contributed by atoms with Gasteiger partial charge in [0.2, 0.25) is 0 Å². The molecule has 0 atom stereocenters. The molecule has 0 spiro atoms. The summed E-state index contributed by atoms with van der Waals surface area (Å²) >= 11 is 8.56. The van der Waals surface area contributed by atoms with E-state index in [0.29, 0.717) is 15.8 Å². The highest BCUT2D eigenvalue weighted by Gasteiger charge is 2.24. The van der Waals surface area contributed by atoms with Gasteiger partial charge in [-0.05, 0) is 47.5 Å². The third-order valence-corrected chi connectivity index (χ3v) is 4.94. The molecule has 23 heavy (non-hydrogen) atoms. The summed E-state index contributed by atoms with van der Waals surface area (Å²) in [6.07, 6.45) is 1.79. The van der Waals surface area contributed by atoms with Crippen LogP contribution in [0.3, 0.4) is 0 Å². The van der Waals surface area contributed by atoms with Gasteiger partial charge in [0.1, 0.15) is 0 Å². The molecule has 3 rings (SSSR count). The molecule has 2 heterocycles. The van der Waals surface area contributed by atoms with Gasteiger partial charge in [0.15, 0.2) is 5.17 Å². The van der Waals surface area contributed by atoms with Crippen molar-refractivity contribution in [2.24, 2.45) is 4.99 Å². The van der Waals surface area contributed by atoms with E-state index in [2.05, 4.69) is 10.3 Å². The first kappa shape index (κ1) is 15.8. The number of carbonyl (C=O) groups excluding carboxylic acids is 1. The molecular weight excluding hydrogens is 356 g/mol. The predicted octanol–water partition coefficient (Wildman–Crippen LogP) is 3.99. The van der Waals surface area contributed by atoms with Gasteiger partial charge in [-0.2, -0.15) is 0 Å². The number of nitrogens with one attached hydrogen (secondary N) is 1. The summed E-state index contributed by atoms with van der Waals surface area (Å²) in [5.74, 6) is -1.35. The number of nitrogens with zero attached hydrogens (tertiary/aromatic N) is 1. The SMILES string of the molecule is O=C1NC(=Nc2ccc(Cl)c(C(=O)O)c2)S/C1=C\c1cccs1. The van der Waals surface area contributed by atoms with Gasteiger partial charge in [-0.3, -0.25) is 4.79 Å². The molecule has 1 aromatic carbocycles. The summed E-state index contributed by atoms with van der Waals surface area (Å²) in [5, 5.41) is 14.2. The van der Waals surface area contributed by atoms with Crippen LogP contribution in [0, 0.1) is 0 Å². The Bertz CT molecular complexity index is 844. The van der Waals surface area contributed by atoms with Crippen LogP contribution in [0.15, 0.2) is 45.6 Å². The Morgan fingerprint density at radius 2 is 2.17 bits per heavy atom. The van der Waals surface area contributed by atoms with Crippen molar-refractivity contribution in [1.82, 2.24) is 5.32 Å². The largest absolute Gasteiger partial charge is 0.478 e. The number of carboxylic acids is 1. The van der Waals surface area contributed by atoms with E-state index in [9.17, 15) is 9.59 Å². The number of rotatable bonds is 3. The normalized spacial score (nSPS) is 17.7. The average Bonchev–Trinajstić information content (AvgIpc) is 3.12. The van der Waals surface area contributed by atoms with Crippen LogP contribution in [-0.4, -0.2) is 22.2 Å². The zero-order chi connectivity index (χ0) is 16.4. The molecule has 5 nitrogen and oxygen atoms in total. The third kappa shape index (κ3) is 3.64. The van der Waals surface area contributed by atoms with Gasteiger partial charge in [0.25, 0.3) is 5.91 Å². The molecule has 0 radical (unpaired) electrons. The number of thiophene rings is 1. The molecule has 8 heteroatoms. The third-order valence-electron chi connectivity index (χ3n) is 2.88. The highest BCUT2D eigenvalue weighted by atomic mass is 35.5. The first-order valence-electron chi connectivity index (χ1n) is 6.39. The molecule has 1 amide bonds. The Labute approximate surface area is 144 Å². The van der Waals surface area contributed by atoms with Crippen LogP contribution < -0.4 is 5.32 Å². The molecule has 1 aliphatic heterocycles. The van der Waals surface area contributed by atoms with E-state index in [1.54, 1.807) is 12.1 Å². The van der Waals surface area contributed by atoms with Crippen molar-refractivity contribution in [3.63, 3.8) is 0 Å². The summed E-state index contributed by atoms with van der Waals surface area (Å²) in [6, 6.07) is 8.25. The first-order valence-corrected chi connectivity index (χ1v) is 8.46. The number of amidine groups is 1. The fourth-order valence-electron chi connectivity index (χ4n) is 1.85. The van der Waals surface area contributed by atoms with Crippen molar-refractivity contribution in [2.45, 2.75) is 0 Å². The number of hydrogen-bond donors (Lipinski definition) is 2. The number of carboxylic acid groups (broad SMARTS) is 1. The Balaban J connectivity index is 1.86. The Kier molecular flexibility index (Phi) is 4.51. The van der Waals surface area contributed by atoms with E-state index < -0.39 is 5.97 Å². The molecule has 1 aromatic heterocycles. The van der Waals surface area contributed by atoms with Crippen molar-refractivity contribution >= 4 is 63.5 Å². The van der Waals surface area contributed by atoms with E-state index >= 15 is 0 Å². The summed E-state index contributed by atoms with van der Waals surface area (Å²) in [7, 11) is 0. The lowest BCUT2D eigenvalue weighted by Gasteiger charge is -2.01. The Morgan fingerprint density at radius 3 is 2.87 bits per heavy atom. The molecule has 0 bridgehead atoms. The topological polar surface area (TPSA) is 78.8 Å². The molecule has 0 unspecified atom stereocenters. The van der Waals surface area contributed by atoms with Gasteiger partial charge in [0.05, 0.1) is 21.2 Å². The summed E-state index contributed by atoms with van der Waals surface area (Å²) in [6.45, 7) is 0. The van der Waals surface area contributed by atoms with E-state index in [4.69, 9.17) is 16.7 Å². The molecule has 1 fully saturated rings. The minimum atomic E-state index is -1.13. The summed E-state index contributed by atoms with van der Waals surface area (Å²) in [5.41, 5.74) is 0.379. The smallest absolute Gasteiger partial charge is 0.337 e. The summed E-state index contributed by atoms with van der Waals surface area (Å²) < 4.78 is 0. The maximum absolute atomic E-state index is 11.9. The van der Waals surface area contributed by atoms with Gasteiger partial charge >= 0.3 is 5.97 Å². The average molecular weight is 365 g/mol. The van der Waals surface area contributed by atoms with Crippen molar-refractivity contribution in [3.8, 4) is 0 Å². The second kappa shape index (κ2) is 6.57. The first-order chi connectivity index (χ1) is 11.0. The number of benzene rings is 1. The quantitative estimate of drug-likeness (QED) is 0.807. The van der Waals surface area contributed by atoms with Crippen LogP contribution in [-0.2, 0) is 4.79 Å². The van der Waals surface area contributed by atoms with Crippen LogP contribution in [0.25, 0.3) is 6.08 Å². The number of halogens is 1. The van der Waals surface area contributed by atoms with Crippen molar-refractivity contribution in [3.05, 3.63) is 56.1 Å². The number of aliphatic imine (C=N–C) groups is 1. The number of aromatic carboxylic acids is 1. The van der Waals surface area contributed by atoms with E-state index in [0.717, 1.165) is 4.88 Å². The van der Waals surface area contributed by atoms with Gasteiger partial charge in [-0.15, -0.1) is 11.3 Å². The monoisotopic (exact) mass is 364 g/mol. The fraction of sp³-hybridized carbons (Fsp3) is 0. The van der Waals surface area contributed by atoms with Gasteiger partial charge < -0.3 is 10.4 Å². The zero-order valence-electron chi connectivity index (χ0n) is 11.4. The van der Waals surface area contributed by atoms with Crippen molar-refractivity contribution in [2.75, 3.05) is 0 Å². The van der Waals surface area contributed by atoms with Gasteiger partial charge in [-0.1, -0.05) is 17.7 Å². The molecule has 1 aliphatic rings. The Hall–Kier alpha value is -2.09. The number of hydrogen-bond acceptors (Lipinski definition) is 5. The number of thioether (sulfide) groups is 1. The highest BCUT2D eigenvalue weighted by molar-refractivity contribution is 8.18. The van der Waals surface area contributed by atoms with Gasteiger partial charge in [-0.25, -0.2) is 9.79 Å². The fourth-order valence-corrected chi connectivity index (χ4v) is 3.61. The van der Waals surface area contributed by atoms with E-state index in [1.165, 1.54) is 35.2 Å². The number of carbonyl (C=O) groups is 2. The molecule has 2 aromatic rings. The standard InChI is InChI=1S/C15H9ClN2O3S2/c16-11-4-3-8(6-10(11)14(20)21)17-15-18-13(19)12(23-15)7-9-2-1-5-22-9/h1-7H,(H,20,21)(H,17,18,19)/b12-7-. The van der Waals surface area contributed by atoms with Crippen molar-refractivity contribution < 1.29 is 14.7 Å². The van der Waals surface area contributed by atoms with Crippen LogP contribution in [0.4, 0.5) is 5.69 Å². The van der Waals surface area contributed by atoms with Crippen LogP contribution >= 0.6 is 34.7 Å². The highest BCUT2D eigenvalue weighted by Crippen LogP contribution is 2.30. The van der Waals surface area contributed by atoms with Crippen molar-refractivity contribution in [1.29, 1.82) is 0 Å². The lowest BCUT2D eigenvalue weighted by atomic mass is 10.2. The minimum Gasteiger partial charge on any atom is -0.478 e. The molecule has 116 valence electrons. The van der Waals surface area contributed by atoms with Crippen LogP contribution in [0.1, 0.15) is 15.2 Å². The number of amides is 1. The lowest BCUT2D eigenvalue weighted by Crippen LogP contribution is -2.19. The molecule has 0 saturated carbocycles. The van der Waals surface area contributed by atoms with E-state index in [1.807, 2.05) is 17.5 Å². The summed E-state index contributed by atoms with van der Waals surface area (Å²) in [4.78, 5) is 28.8. The molecule has 1 saturated heterocycles. The van der Waals surface area contributed by atoms with Crippen LogP contribution in [0.2, 0.25) is 5.02 Å². The van der Waals surface area contributed by atoms with Gasteiger partial charge in [0, 0.05) is 4.88 Å². The maximum atomic E-state index is 11.9. The van der Waals surface area contributed by atoms with Crippen LogP contribution in [0.5, 0.6) is 0 Å². The minimum absolute atomic E-state index is 0.0304. The molecule has 2 N–H and O–H groups in total. The molecular formula is C15H9ClN2O3S2. The van der Waals surface area contributed by atoms with E-state index in [-0.39, 0.29) is 16.5 Å². The second-order valence-corrected chi connectivity index (χ2v) is 6.88. The predicted molar refractivity (Wildman–Crippen MR) is 93.5 cm³/mol. The maximum Gasteiger partial charge on any atom is 0.337 e. The molecule has 0 aliphatic carbocycles. The second-order valence-electron chi connectivity index (χ2n) is 4.47. The Morgan fingerprint density at radius 1 is 1.35 bits per heavy atom.